The second kappa shape index (κ2) is 7.90. The van der Waals surface area contributed by atoms with E-state index in [0.717, 1.165) is 13.8 Å². The molecule has 0 heterocycles. The number of aliphatic hydroxyl groups is 6. The van der Waals surface area contributed by atoms with Crippen LogP contribution in [0.4, 0.5) is 0 Å². The van der Waals surface area contributed by atoms with Crippen molar-refractivity contribution in [3.8, 4) is 0 Å². The van der Waals surface area contributed by atoms with Crippen molar-refractivity contribution < 1.29 is 40.2 Å². The van der Waals surface area contributed by atoms with Gasteiger partial charge in [0.25, 0.3) is 23.6 Å². The summed E-state index contributed by atoms with van der Waals surface area (Å²) >= 11 is 0. The molecule has 12 heteroatoms. The lowest BCUT2D eigenvalue weighted by atomic mass is 10.0. The van der Waals surface area contributed by atoms with Crippen molar-refractivity contribution >= 4 is 11.8 Å². The number of carbonyl (C=O) groups excluding carboxylic acids is 2. The zero-order valence-corrected chi connectivity index (χ0v) is 15.5. The molecule has 2 amide bonds. The third-order valence-corrected chi connectivity index (χ3v) is 3.42. The number of nitrogens with zero attached hydrogens (tertiary/aromatic N) is 2. The highest BCUT2D eigenvalue weighted by Gasteiger charge is 2.40. The van der Waals surface area contributed by atoms with Crippen LogP contribution < -0.4 is 10.6 Å². The van der Waals surface area contributed by atoms with E-state index in [1.807, 2.05) is 0 Å². The van der Waals surface area contributed by atoms with Gasteiger partial charge in [-0.25, -0.2) is 0 Å². The monoisotopic (exact) mass is 380 g/mol. The van der Waals surface area contributed by atoms with Crippen molar-refractivity contribution in [1.82, 2.24) is 10.6 Å². The Labute approximate surface area is 150 Å². The molecule has 2 atom stereocenters. The maximum atomic E-state index is 12.1. The SMILES string of the molecule is CC(O)C(O)(O)NC(=O)C(C)(C)N=NC(C)(C)C(=O)NC(O)(O)C(C)O. The van der Waals surface area contributed by atoms with Crippen LogP contribution in [-0.4, -0.2) is 77.6 Å². The molecule has 0 radical (unpaired) electrons. The van der Waals surface area contributed by atoms with Crippen molar-refractivity contribution in [3.63, 3.8) is 0 Å². The standard InChI is InChI=1S/C14H28N4O8/c1-7(19)13(23,24)15-9(21)11(3,4)17-18-12(5,6)10(22)16-14(25,26)8(2)20/h7-8,19-20,23-26H,1-6H3,(H,15,21)(H,16,22). The number of aliphatic hydroxyl groups excluding tert-OH is 2. The number of amides is 2. The van der Waals surface area contributed by atoms with Crippen LogP contribution in [0.5, 0.6) is 0 Å². The number of hydrogen-bond donors (Lipinski definition) is 8. The summed E-state index contributed by atoms with van der Waals surface area (Å²) in [6.45, 7) is 7.12. The number of rotatable bonds is 8. The molecule has 0 spiro atoms. The topological polar surface area (TPSA) is 204 Å². The second-order valence-corrected chi connectivity index (χ2v) is 7.03. The number of nitrogens with one attached hydrogen (secondary N) is 2. The summed E-state index contributed by atoms with van der Waals surface area (Å²) < 4.78 is 0. The van der Waals surface area contributed by atoms with Crippen molar-refractivity contribution in [3.05, 3.63) is 0 Å². The molecule has 0 saturated heterocycles. The van der Waals surface area contributed by atoms with E-state index in [-0.39, 0.29) is 0 Å². The summed E-state index contributed by atoms with van der Waals surface area (Å²) in [6.07, 6.45) is -3.38. The first kappa shape index (κ1) is 24.3. The molecule has 0 aromatic heterocycles. The Morgan fingerprint density at radius 1 is 0.731 bits per heavy atom. The van der Waals surface area contributed by atoms with Gasteiger partial charge in [-0.15, -0.1) is 0 Å². The van der Waals surface area contributed by atoms with E-state index in [4.69, 9.17) is 0 Å². The van der Waals surface area contributed by atoms with Crippen LogP contribution in [0.2, 0.25) is 0 Å². The molecule has 8 N–H and O–H groups in total. The molecule has 0 saturated carbocycles. The fourth-order valence-electron chi connectivity index (χ4n) is 1.19. The number of carbonyl (C=O) groups is 2. The Morgan fingerprint density at radius 3 is 1.15 bits per heavy atom. The van der Waals surface area contributed by atoms with Gasteiger partial charge < -0.3 is 41.3 Å². The van der Waals surface area contributed by atoms with Crippen LogP contribution in [0.1, 0.15) is 41.5 Å². The summed E-state index contributed by atoms with van der Waals surface area (Å²) in [4.78, 5) is 24.2. The highest BCUT2D eigenvalue weighted by molar-refractivity contribution is 5.87. The van der Waals surface area contributed by atoms with E-state index in [2.05, 4.69) is 10.2 Å². The molecule has 0 aliphatic heterocycles. The molecule has 26 heavy (non-hydrogen) atoms. The average Bonchev–Trinajstić information content (AvgIpc) is 2.44. The minimum atomic E-state index is -2.89. The van der Waals surface area contributed by atoms with Gasteiger partial charge in [0, 0.05) is 0 Å². The van der Waals surface area contributed by atoms with Crippen LogP contribution in [-0.2, 0) is 9.59 Å². The number of hydrogen-bond acceptors (Lipinski definition) is 10. The molecule has 2 unspecified atom stereocenters. The zero-order chi connectivity index (χ0) is 21.1. The molecule has 0 aromatic carbocycles. The fourth-order valence-corrected chi connectivity index (χ4v) is 1.19. The third kappa shape index (κ3) is 6.55. The Hall–Kier alpha value is -1.70. The lowest BCUT2D eigenvalue weighted by molar-refractivity contribution is -0.240. The van der Waals surface area contributed by atoms with Crippen molar-refractivity contribution in [1.29, 1.82) is 0 Å². The lowest BCUT2D eigenvalue weighted by Crippen LogP contribution is -2.60. The van der Waals surface area contributed by atoms with Crippen LogP contribution in [0, 0.1) is 0 Å². The van der Waals surface area contributed by atoms with Gasteiger partial charge in [0.1, 0.15) is 12.2 Å². The van der Waals surface area contributed by atoms with E-state index >= 15 is 0 Å². The molecule has 12 nitrogen and oxygen atoms in total. The van der Waals surface area contributed by atoms with Crippen LogP contribution in [0.25, 0.3) is 0 Å². The zero-order valence-electron chi connectivity index (χ0n) is 15.5. The fraction of sp³-hybridized carbons (Fsp3) is 0.857. The minimum absolute atomic E-state index is 1.01. The molecule has 0 bridgehead atoms. The highest BCUT2D eigenvalue weighted by atomic mass is 16.6. The first-order valence-corrected chi connectivity index (χ1v) is 7.70. The van der Waals surface area contributed by atoms with Crippen molar-refractivity contribution in [2.45, 2.75) is 76.7 Å². The first-order chi connectivity index (χ1) is 11.3. The van der Waals surface area contributed by atoms with E-state index in [0.29, 0.717) is 0 Å². The van der Waals surface area contributed by atoms with E-state index in [1.165, 1.54) is 27.7 Å². The first-order valence-electron chi connectivity index (χ1n) is 7.70. The van der Waals surface area contributed by atoms with Gasteiger partial charge in [0.15, 0.2) is 11.1 Å². The predicted octanol–water partition coefficient (Wildman–Crippen LogP) is -2.73. The summed E-state index contributed by atoms with van der Waals surface area (Å²) in [5, 5.41) is 67.2. The Balaban J connectivity index is 5.25. The second-order valence-electron chi connectivity index (χ2n) is 7.03. The average molecular weight is 380 g/mol. The molecular weight excluding hydrogens is 352 g/mol. The minimum Gasteiger partial charge on any atom is -0.386 e. The van der Waals surface area contributed by atoms with E-state index < -0.39 is 46.9 Å². The molecule has 152 valence electrons. The maximum absolute atomic E-state index is 12.1. The Bertz CT molecular complexity index is 507. The Kier molecular flexibility index (Phi) is 7.38. The maximum Gasteiger partial charge on any atom is 0.273 e. The molecular formula is C14H28N4O8. The summed E-state index contributed by atoms with van der Waals surface area (Å²) in [5.41, 5.74) is -3.33. The van der Waals surface area contributed by atoms with Gasteiger partial charge in [0.2, 0.25) is 0 Å². The number of azo groups is 1. The van der Waals surface area contributed by atoms with Gasteiger partial charge in [0.05, 0.1) is 0 Å². The van der Waals surface area contributed by atoms with Crippen LogP contribution >= 0.6 is 0 Å². The van der Waals surface area contributed by atoms with Crippen LogP contribution in [0.15, 0.2) is 10.2 Å². The molecule has 0 fully saturated rings. The summed E-state index contributed by atoms with van der Waals surface area (Å²) in [6, 6.07) is 0. The van der Waals surface area contributed by atoms with E-state index in [9.17, 15) is 40.2 Å². The van der Waals surface area contributed by atoms with Crippen LogP contribution in [0.3, 0.4) is 0 Å². The normalized spacial score (nSPS) is 16.3. The smallest absolute Gasteiger partial charge is 0.273 e. The molecule has 0 aliphatic carbocycles. The predicted molar refractivity (Wildman–Crippen MR) is 87.0 cm³/mol. The van der Waals surface area contributed by atoms with Gasteiger partial charge in [-0.3, -0.25) is 9.59 Å². The van der Waals surface area contributed by atoms with Gasteiger partial charge in [-0.1, -0.05) is 0 Å². The summed E-state index contributed by atoms with van der Waals surface area (Å²) in [7, 11) is 0. The van der Waals surface area contributed by atoms with Crippen molar-refractivity contribution in [2.75, 3.05) is 0 Å². The highest BCUT2D eigenvalue weighted by Crippen LogP contribution is 2.18. The molecule has 0 rings (SSSR count). The van der Waals surface area contributed by atoms with E-state index in [1.54, 1.807) is 10.6 Å². The van der Waals surface area contributed by atoms with Gasteiger partial charge in [-0.05, 0) is 41.5 Å². The Morgan fingerprint density at radius 2 is 0.962 bits per heavy atom. The van der Waals surface area contributed by atoms with Crippen molar-refractivity contribution in [2.24, 2.45) is 10.2 Å². The quantitative estimate of drug-likeness (QED) is 0.163. The molecule has 0 aromatic rings. The van der Waals surface area contributed by atoms with Gasteiger partial charge in [-0.2, -0.15) is 10.2 Å². The van der Waals surface area contributed by atoms with Gasteiger partial charge >= 0.3 is 0 Å². The third-order valence-electron chi connectivity index (χ3n) is 3.42. The summed E-state index contributed by atoms with van der Waals surface area (Å²) in [5.74, 6) is -7.79. The largest absolute Gasteiger partial charge is 0.386 e. The molecule has 0 aliphatic rings. The lowest BCUT2D eigenvalue weighted by Gasteiger charge is -2.30.